The zero-order valence-corrected chi connectivity index (χ0v) is 22.1. The van der Waals surface area contributed by atoms with Crippen molar-refractivity contribution in [3.05, 3.63) is 29.3 Å². The molecule has 0 bridgehead atoms. The van der Waals surface area contributed by atoms with Crippen LogP contribution in [-0.4, -0.2) is 44.1 Å². The normalized spacial score (nSPS) is 16.8. The van der Waals surface area contributed by atoms with Crippen LogP contribution >= 0.6 is 0 Å². The molecule has 184 valence electrons. The SMILES string of the molecule is CC.CCN(CCC(C)C1NOc2cc(C)ccc21)CC(C)(C)C(=O)NS(=O)(=O)C(C)C. The topological polar surface area (TPSA) is 87.7 Å². The van der Waals surface area contributed by atoms with Gasteiger partial charge in [-0.25, -0.2) is 8.42 Å². The molecule has 1 aromatic rings. The number of hydroxylamine groups is 1. The van der Waals surface area contributed by atoms with Crippen LogP contribution in [0.2, 0.25) is 0 Å². The lowest BCUT2D eigenvalue weighted by Gasteiger charge is -2.32. The van der Waals surface area contributed by atoms with Crippen molar-refractivity contribution in [3.8, 4) is 5.75 Å². The number of hydrogen-bond acceptors (Lipinski definition) is 6. The maximum Gasteiger partial charge on any atom is 0.240 e. The lowest BCUT2D eigenvalue weighted by atomic mass is 9.90. The molecule has 0 saturated carbocycles. The summed E-state index contributed by atoms with van der Waals surface area (Å²) in [7, 11) is -3.63. The van der Waals surface area contributed by atoms with E-state index in [0.717, 1.165) is 25.3 Å². The molecule has 0 spiro atoms. The molecule has 2 rings (SSSR count). The average molecular weight is 470 g/mol. The number of carbonyl (C=O) groups excluding carboxylic acids is 1. The summed E-state index contributed by atoms with van der Waals surface area (Å²) >= 11 is 0. The standard InChI is InChI=1S/C22H37N3O4S.C2H6/c1-8-25(14-22(6,7)21(26)24-30(27,28)15(2)3)12-11-17(5)20-18-10-9-16(4)13-19(18)29-23-20;1-2/h9-10,13,15,17,20,23H,8,11-12,14H2,1-7H3,(H,24,26);1-2H3. The summed E-state index contributed by atoms with van der Waals surface area (Å²) < 4.78 is 26.4. The van der Waals surface area contributed by atoms with Crippen LogP contribution in [0.15, 0.2) is 18.2 Å². The molecule has 0 aromatic heterocycles. The molecule has 1 amide bonds. The molecule has 0 fully saturated rings. The Bertz CT molecular complexity index is 853. The van der Waals surface area contributed by atoms with E-state index >= 15 is 0 Å². The molecule has 1 aromatic carbocycles. The van der Waals surface area contributed by atoms with Crippen LogP contribution in [0.5, 0.6) is 5.75 Å². The molecule has 1 aliphatic heterocycles. The predicted octanol–water partition coefficient (Wildman–Crippen LogP) is 4.19. The van der Waals surface area contributed by atoms with E-state index in [1.165, 1.54) is 11.1 Å². The van der Waals surface area contributed by atoms with E-state index in [-0.39, 0.29) is 6.04 Å². The fourth-order valence-corrected chi connectivity index (χ4v) is 4.29. The quantitative estimate of drug-likeness (QED) is 0.534. The van der Waals surface area contributed by atoms with Gasteiger partial charge in [0.05, 0.1) is 16.7 Å². The summed E-state index contributed by atoms with van der Waals surface area (Å²) in [5.74, 6) is 0.766. The van der Waals surface area contributed by atoms with Crippen LogP contribution in [0.4, 0.5) is 0 Å². The smallest absolute Gasteiger partial charge is 0.240 e. The number of nitrogens with one attached hydrogen (secondary N) is 2. The van der Waals surface area contributed by atoms with Crippen molar-refractivity contribution < 1.29 is 18.0 Å². The van der Waals surface area contributed by atoms with E-state index in [0.29, 0.717) is 12.5 Å². The van der Waals surface area contributed by atoms with Gasteiger partial charge in [0.1, 0.15) is 0 Å². The van der Waals surface area contributed by atoms with Gasteiger partial charge in [-0.1, -0.05) is 39.8 Å². The van der Waals surface area contributed by atoms with Gasteiger partial charge in [0.2, 0.25) is 15.9 Å². The molecule has 0 saturated heterocycles. The number of amides is 1. The van der Waals surface area contributed by atoms with Gasteiger partial charge >= 0.3 is 0 Å². The summed E-state index contributed by atoms with van der Waals surface area (Å²) in [5.41, 5.74) is 4.67. The number of sulfonamides is 1. The van der Waals surface area contributed by atoms with Crippen LogP contribution in [0.25, 0.3) is 0 Å². The van der Waals surface area contributed by atoms with Crippen LogP contribution < -0.4 is 15.0 Å². The minimum Gasteiger partial charge on any atom is -0.408 e. The number of rotatable bonds is 10. The molecule has 7 nitrogen and oxygen atoms in total. The van der Waals surface area contributed by atoms with Crippen LogP contribution in [-0.2, 0) is 14.8 Å². The maximum absolute atomic E-state index is 12.6. The Labute approximate surface area is 195 Å². The second kappa shape index (κ2) is 12.0. The zero-order valence-electron chi connectivity index (χ0n) is 21.3. The number of benzene rings is 1. The van der Waals surface area contributed by atoms with Gasteiger partial charge in [-0.15, -0.1) is 5.48 Å². The Kier molecular flexibility index (Phi) is 10.6. The predicted molar refractivity (Wildman–Crippen MR) is 131 cm³/mol. The molecule has 32 heavy (non-hydrogen) atoms. The summed E-state index contributed by atoms with van der Waals surface area (Å²) in [6, 6.07) is 6.39. The molecule has 1 aliphatic rings. The summed E-state index contributed by atoms with van der Waals surface area (Å²) in [6.45, 7) is 19.1. The van der Waals surface area contributed by atoms with Crippen molar-refractivity contribution in [3.63, 3.8) is 0 Å². The van der Waals surface area contributed by atoms with Crippen molar-refractivity contribution in [1.29, 1.82) is 0 Å². The van der Waals surface area contributed by atoms with Gasteiger partial charge in [-0.05, 0) is 71.7 Å². The lowest BCUT2D eigenvalue weighted by Crippen LogP contribution is -2.48. The molecule has 8 heteroatoms. The molecule has 0 aliphatic carbocycles. The molecule has 2 N–H and O–H groups in total. The van der Waals surface area contributed by atoms with Crippen LogP contribution in [0.1, 0.15) is 79.0 Å². The van der Waals surface area contributed by atoms with Gasteiger partial charge in [0.25, 0.3) is 0 Å². The third kappa shape index (κ3) is 7.46. The van der Waals surface area contributed by atoms with Crippen molar-refractivity contribution in [1.82, 2.24) is 15.1 Å². The third-order valence-electron chi connectivity index (χ3n) is 5.81. The highest BCUT2D eigenvalue weighted by Gasteiger charge is 2.34. The lowest BCUT2D eigenvalue weighted by molar-refractivity contribution is -0.128. The number of hydrogen-bond donors (Lipinski definition) is 2. The minimum absolute atomic E-state index is 0.131. The number of fused-ring (bicyclic) bond motifs is 1. The highest BCUT2D eigenvalue weighted by molar-refractivity contribution is 7.90. The van der Waals surface area contributed by atoms with Crippen LogP contribution in [0, 0.1) is 18.3 Å². The fraction of sp³-hybridized carbons (Fsp3) is 0.708. The van der Waals surface area contributed by atoms with Gasteiger partial charge in [-0.3, -0.25) is 9.52 Å². The van der Waals surface area contributed by atoms with E-state index in [2.05, 4.69) is 41.1 Å². The van der Waals surface area contributed by atoms with Gasteiger partial charge in [0, 0.05) is 12.1 Å². The Morgan fingerprint density at radius 1 is 1.25 bits per heavy atom. The highest BCUT2D eigenvalue weighted by atomic mass is 32.2. The molecule has 1 heterocycles. The van der Waals surface area contributed by atoms with Crippen molar-refractivity contribution >= 4 is 15.9 Å². The maximum atomic E-state index is 12.6. The Morgan fingerprint density at radius 3 is 2.44 bits per heavy atom. The zero-order chi connectivity index (χ0) is 24.7. The van der Waals surface area contributed by atoms with Crippen molar-refractivity contribution in [2.75, 3.05) is 19.6 Å². The second-order valence-corrected chi connectivity index (χ2v) is 11.5. The van der Waals surface area contributed by atoms with Crippen LogP contribution in [0.3, 0.4) is 0 Å². The van der Waals surface area contributed by atoms with Crippen molar-refractivity contribution in [2.45, 2.75) is 80.0 Å². The third-order valence-corrected chi connectivity index (χ3v) is 7.52. The van der Waals surface area contributed by atoms with Gasteiger partial charge in [0.15, 0.2) is 5.75 Å². The number of aryl methyl sites for hydroxylation is 1. The number of carbonyl (C=O) groups is 1. The number of nitrogens with zero attached hydrogens (tertiary/aromatic N) is 1. The van der Waals surface area contributed by atoms with E-state index in [1.54, 1.807) is 27.7 Å². The molecule has 0 radical (unpaired) electrons. The summed E-state index contributed by atoms with van der Waals surface area (Å²) in [6.07, 6.45) is 0.921. The first-order valence-corrected chi connectivity index (χ1v) is 13.2. The van der Waals surface area contributed by atoms with Crippen molar-refractivity contribution in [2.24, 2.45) is 11.3 Å². The minimum atomic E-state index is -3.63. The monoisotopic (exact) mass is 469 g/mol. The first kappa shape index (κ1) is 28.4. The molecular weight excluding hydrogens is 426 g/mol. The second-order valence-electron chi connectivity index (χ2n) is 9.28. The molecular formula is C24H43N3O4S. The first-order valence-electron chi connectivity index (χ1n) is 11.7. The average Bonchev–Trinajstić information content (AvgIpc) is 3.14. The highest BCUT2D eigenvalue weighted by Crippen LogP contribution is 2.37. The largest absolute Gasteiger partial charge is 0.408 e. The fourth-order valence-electron chi connectivity index (χ4n) is 3.52. The van der Waals surface area contributed by atoms with Gasteiger partial charge < -0.3 is 9.74 Å². The van der Waals surface area contributed by atoms with Gasteiger partial charge in [-0.2, -0.15) is 0 Å². The van der Waals surface area contributed by atoms with E-state index in [1.807, 2.05) is 26.8 Å². The molecule has 2 atom stereocenters. The van der Waals surface area contributed by atoms with E-state index in [9.17, 15) is 13.2 Å². The summed E-state index contributed by atoms with van der Waals surface area (Å²) in [5, 5.41) is -0.645. The molecule has 2 unspecified atom stereocenters. The Morgan fingerprint density at radius 2 is 1.88 bits per heavy atom. The Balaban J connectivity index is 0.00000249. The summed E-state index contributed by atoms with van der Waals surface area (Å²) in [4.78, 5) is 20.5. The van der Waals surface area contributed by atoms with E-state index < -0.39 is 26.6 Å². The van der Waals surface area contributed by atoms with E-state index in [4.69, 9.17) is 4.84 Å². The Hall–Kier alpha value is -1.64. The first-order chi connectivity index (χ1) is 14.9.